The van der Waals surface area contributed by atoms with E-state index >= 15 is 0 Å². The van der Waals surface area contributed by atoms with Gasteiger partial charge in [-0.15, -0.1) is 0 Å². The Morgan fingerprint density at radius 3 is 2.44 bits per heavy atom. The van der Waals surface area contributed by atoms with Crippen LogP contribution in [0, 0.1) is 13.8 Å². The van der Waals surface area contributed by atoms with Gasteiger partial charge in [0.15, 0.2) is 0 Å². The van der Waals surface area contributed by atoms with E-state index in [4.69, 9.17) is 11.6 Å². The van der Waals surface area contributed by atoms with E-state index in [-0.39, 0.29) is 18.2 Å². The molecule has 130 valence electrons. The van der Waals surface area contributed by atoms with Crippen LogP contribution in [0.25, 0.3) is 0 Å². The van der Waals surface area contributed by atoms with Crippen molar-refractivity contribution in [3.8, 4) is 0 Å². The number of rotatable bonds is 5. The van der Waals surface area contributed by atoms with E-state index in [1.807, 2.05) is 32.0 Å². The Bertz CT molecular complexity index is 814. The van der Waals surface area contributed by atoms with Crippen LogP contribution < -0.4 is 10.7 Å². The van der Waals surface area contributed by atoms with Crippen LogP contribution in [0.4, 0.5) is 5.69 Å². The number of nitrogens with one attached hydrogen (secondary N) is 2. The molecule has 0 atom stereocenters. The van der Waals surface area contributed by atoms with E-state index in [1.165, 1.54) is 0 Å². The van der Waals surface area contributed by atoms with Crippen LogP contribution in [-0.2, 0) is 4.79 Å². The number of hydrogen-bond acceptors (Lipinski definition) is 3. The molecule has 0 saturated heterocycles. The van der Waals surface area contributed by atoms with Crippen molar-refractivity contribution in [3.63, 3.8) is 0 Å². The van der Waals surface area contributed by atoms with Gasteiger partial charge in [-0.05, 0) is 50.6 Å². The molecule has 0 saturated carbocycles. The van der Waals surface area contributed by atoms with Crippen LogP contribution >= 0.6 is 11.6 Å². The molecule has 2 aromatic carbocycles. The van der Waals surface area contributed by atoms with Gasteiger partial charge in [-0.2, -0.15) is 5.10 Å². The number of hydrazone groups is 1. The first kappa shape index (κ1) is 18.7. The van der Waals surface area contributed by atoms with Crippen molar-refractivity contribution < 1.29 is 9.59 Å². The molecular formula is C19H20ClN3O2. The third-order valence-corrected chi connectivity index (χ3v) is 3.79. The minimum Gasteiger partial charge on any atom is -0.325 e. The highest BCUT2D eigenvalue weighted by atomic mass is 35.5. The molecule has 6 heteroatoms. The van der Waals surface area contributed by atoms with Gasteiger partial charge in [0.05, 0.1) is 6.42 Å². The minimum absolute atomic E-state index is 0.0696. The van der Waals surface area contributed by atoms with Crippen LogP contribution in [0.5, 0.6) is 0 Å². The molecular weight excluding hydrogens is 338 g/mol. The molecule has 0 aromatic heterocycles. The molecule has 2 rings (SSSR count). The lowest BCUT2D eigenvalue weighted by atomic mass is 10.1. The molecule has 2 amide bonds. The molecule has 0 radical (unpaired) electrons. The third kappa shape index (κ3) is 5.72. The van der Waals surface area contributed by atoms with Crippen LogP contribution in [0.1, 0.15) is 34.8 Å². The summed E-state index contributed by atoms with van der Waals surface area (Å²) in [5, 5.41) is 7.32. The zero-order valence-electron chi connectivity index (χ0n) is 14.4. The SMILES string of the molecule is CC(CC(=O)Nc1cc(Cl)ccc1C)=NNC(=O)c1ccc(C)cc1. The number of anilines is 1. The summed E-state index contributed by atoms with van der Waals surface area (Å²) in [6, 6.07) is 12.5. The van der Waals surface area contributed by atoms with E-state index in [9.17, 15) is 9.59 Å². The first-order valence-corrected chi connectivity index (χ1v) is 8.19. The monoisotopic (exact) mass is 357 g/mol. The smallest absolute Gasteiger partial charge is 0.271 e. The fourth-order valence-corrected chi connectivity index (χ4v) is 2.28. The average Bonchev–Trinajstić information content (AvgIpc) is 2.56. The number of halogens is 1. The van der Waals surface area contributed by atoms with Crippen LogP contribution in [-0.4, -0.2) is 17.5 Å². The lowest BCUT2D eigenvalue weighted by molar-refractivity contribution is -0.115. The molecule has 0 aliphatic rings. The number of carbonyl (C=O) groups is 2. The summed E-state index contributed by atoms with van der Waals surface area (Å²) in [6.45, 7) is 5.51. The first-order chi connectivity index (χ1) is 11.8. The number of aryl methyl sites for hydroxylation is 2. The lowest BCUT2D eigenvalue weighted by Gasteiger charge is -2.09. The van der Waals surface area contributed by atoms with Crippen molar-refractivity contribution in [2.45, 2.75) is 27.2 Å². The van der Waals surface area contributed by atoms with Crippen LogP contribution in [0.2, 0.25) is 5.02 Å². The summed E-state index contributed by atoms with van der Waals surface area (Å²) in [5.74, 6) is -0.540. The quantitative estimate of drug-likeness (QED) is 0.625. The molecule has 2 N–H and O–H groups in total. The number of hydrogen-bond donors (Lipinski definition) is 2. The molecule has 25 heavy (non-hydrogen) atoms. The zero-order chi connectivity index (χ0) is 18.4. The second-order valence-electron chi connectivity index (χ2n) is 5.84. The van der Waals surface area contributed by atoms with Gasteiger partial charge in [0.1, 0.15) is 0 Å². The zero-order valence-corrected chi connectivity index (χ0v) is 15.1. The lowest BCUT2D eigenvalue weighted by Crippen LogP contribution is -2.21. The number of benzene rings is 2. The number of nitrogens with zero attached hydrogens (tertiary/aromatic N) is 1. The largest absolute Gasteiger partial charge is 0.325 e. The minimum atomic E-state index is -0.314. The molecule has 0 unspecified atom stereocenters. The summed E-state index contributed by atoms with van der Waals surface area (Å²) in [7, 11) is 0. The topological polar surface area (TPSA) is 70.6 Å². The molecule has 2 aromatic rings. The number of amides is 2. The molecule has 0 spiro atoms. The van der Waals surface area contributed by atoms with E-state index in [0.29, 0.717) is 22.0 Å². The van der Waals surface area contributed by atoms with Gasteiger partial charge in [0.25, 0.3) is 5.91 Å². The van der Waals surface area contributed by atoms with Crippen molar-refractivity contribution in [2.24, 2.45) is 5.10 Å². The highest BCUT2D eigenvalue weighted by molar-refractivity contribution is 6.31. The van der Waals surface area contributed by atoms with E-state index < -0.39 is 0 Å². The van der Waals surface area contributed by atoms with Crippen molar-refractivity contribution >= 4 is 34.8 Å². The fraction of sp³-hybridized carbons (Fsp3) is 0.211. The summed E-state index contributed by atoms with van der Waals surface area (Å²) in [6.07, 6.45) is 0.0696. The second kappa shape index (κ2) is 8.44. The highest BCUT2D eigenvalue weighted by Crippen LogP contribution is 2.20. The van der Waals surface area contributed by atoms with Crippen LogP contribution in [0.3, 0.4) is 0 Å². The predicted octanol–water partition coefficient (Wildman–Crippen LogP) is 4.09. The Balaban J connectivity index is 1.91. The maximum absolute atomic E-state index is 12.1. The Labute approximate surface area is 152 Å². The van der Waals surface area contributed by atoms with Crippen LogP contribution in [0.15, 0.2) is 47.6 Å². The molecule has 0 aliphatic heterocycles. The molecule has 0 bridgehead atoms. The van der Waals surface area contributed by atoms with Gasteiger partial charge in [0, 0.05) is 22.0 Å². The summed E-state index contributed by atoms with van der Waals surface area (Å²) >= 11 is 5.94. The van der Waals surface area contributed by atoms with Crippen molar-refractivity contribution in [1.82, 2.24) is 5.43 Å². The van der Waals surface area contributed by atoms with E-state index in [2.05, 4.69) is 15.8 Å². The second-order valence-corrected chi connectivity index (χ2v) is 6.27. The standard InChI is InChI=1S/C19H20ClN3O2/c1-12-4-7-15(8-5-12)19(25)23-22-14(3)10-18(24)21-17-11-16(20)9-6-13(17)2/h4-9,11H,10H2,1-3H3,(H,21,24)(H,23,25). The van der Waals surface area contributed by atoms with Gasteiger partial charge in [-0.3, -0.25) is 9.59 Å². The molecule has 0 aliphatic carbocycles. The predicted molar refractivity (Wildman–Crippen MR) is 101 cm³/mol. The van der Waals surface area contributed by atoms with Gasteiger partial charge in [0.2, 0.25) is 5.91 Å². The van der Waals surface area contributed by atoms with Gasteiger partial charge in [-0.25, -0.2) is 5.43 Å². The Morgan fingerprint density at radius 2 is 1.76 bits per heavy atom. The maximum Gasteiger partial charge on any atom is 0.271 e. The first-order valence-electron chi connectivity index (χ1n) is 7.81. The highest BCUT2D eigenvalue weighted by Gasteiger charge is 2.08. The third-order valence-electron chi connectivity index (χ3n) is 3.55. The molecule has 0 fully saturated rings. The summed E-state index contributed by atoms with van der Waals surface area (Å²) < 4.78 is 0. The molecule has 0 heterocycles. The van der Waals surface area contributed by atoms with Gasteiger partial charge < -0.3 is 5.32 Å². The van der Waals surface area contributed by atoms with E-state index in [1.54, 1.807) is 31.2 Å². The van der Waals surface area contributed by atoms with Gasteiger partial charge in [-0.1, -0.05) is 35.4 Å². The van der Waals surface area contributed by atoms with Crippen molar-refractivity contribution in [1.29, 1.82) is 0 Å². The normalized spacial score (nSPS) is 11.1. The number of carbonyl (C=O) groups excluding carboxylic acids is 2. The summed E-state index contributed by atoms with van der Waals surface area (Å²) in [5.41, 5.74) is 6.12. The maximum atomic E-state index is 12.1. The van der Waals surface area contributed by atoms with Crippen molar-refractivity contribution in [2.75, 3.05) is 5.32 Å². The van der Waals surface area contributed by atoms with Gasteiger partial charge >= 0.3 is 0 Å². The fourth-order valence-electron chi connectivity index (χ4n) is 2.11. The summed E-state index contributed by atoms with van der Waals surface area (Å²) in [4.78, 5) is 24.1. The average molecular weight is 358 g/mol. The Morgan fingerprint density at radius 1 is 1.08 bits per heavy atom. The Hall–Kier alpha value is -2.66. The van der Waals surface area contributed by atoms with E-state index in [0.717, 1.165) is 11.1 Å². The molecule has 5 nitrogen and oxygen atoms in total. The Kier molecular flexibility index (Phi) is 6.31. The van der Waals surface area contributed by atoms with Crippen molar-refractivity contribution in [3.05, 3.63) is 64.2 Å².